The first-order valence-electron chi connectivity index (χ1n) is 6.09. The summed E-state index contributed by atoms with van der Waals surface area (Å²) in [5.74, 6) is 0.159. The number of carbonyl (C=O) groups is 1. The van der Waals surface area contributed by atoms with Crippen molar-refractivity contribution < 1.29 is 14.6 Å². The first kappa shape index (κ1) is 10.9. The van der Waals surface area contributed by atoms with Crippen molar-refractivity contribution in [2.75, 3.05) is 0 Å². The van der Waals surface area contributed by atoms with Crippen LogP contribution in [0.2, 0.25) is 0 Å². The normalized spacial score (nSPS) is 39.2. The smallest absolute Gasteiger partial charge is 0.306 e. The van der Waals surface area contributed by atoms with E-state index in [9.17, 15) is 9.90 Å². The fourth-order valence-corrected chi connectivity index (χ4v) is 3.07. The van der Waals surface area contributed by atoms with Crippen LogP contribution < -0.4 is 0 Å². The summed E-state index contributed by atoms with van der Waals surface area (Å²) in [5, 5.41) is 9.99. The van der Waals surface area contributed by atoms with Gasteiger partial charge in [-0.2, -0.15) is 0 Å². The third-order valence-corrected chi connectivity index (χ3v) is 3.93. The van der Waals surface area contributed by atoms with Crippen molar-refractivity contribution in [2.24, 2.45) is 5.92 Å². The molecule has 0 aromatic heterocycles. The molecule has 15 heavy (non-hydrogen) atoms. The van der Waals surface area contributed by atoms with Crippen LogP contribution in [0.25, 0.3) is 0 Å². The molecule has 0 radical (unpaired) electrons. The Labute approximate surface area is 90.8 Å². The minimum atomic E-state index is -0.508. The molecule has 0 aromatic rings. The van der Waals surface area contributed by atoms with E-state index < -0.39 is 11.7 Å². The summed E-state index contributed by atoms with van der Waals surface area (Å²) in [7, 11) is 0. The van der Waals surface area contributed by atoms with Crippen LogP contribution in [0.3, 0.4) is 0 Å². The fraction of sp³-hybridized carbons (Fsp3) is 0.917. The first-order valence-corrected chi connectivity index (χ1v) is 6.09. The Morgan fingerprint density at radius 2 is 2.27 bits per heavy atom. The molecule has 86 valence electrons. The van der Waals surface area contributed by atoms with Crippen molar-refractivity contribution in [1.29, 1.82) is 0 Å². The maximum atomic E-state index is 11.3. The van der Waals surface area contributed by atoms with Crippen molar-refractivity contribution >= 4 is 5.97 Å². The Morgan fingerprint density at radius 3 is 3.00 bits per heavy atom. The quantitative estimate of drug-likeness (QED) is 0.573. The molecule has 0 bridgehead atoms. The molecule has 2 rings (SSSR count). The van der Waals surface area contributed by atoms with Crippen molar-refractivity contribution in [3.63, 3.8) is 0 Å². The Kier molecular flexibility index (Phi) is 3.01. The highest BCUT2D eigenvalue weighted by Gasteiger charge is 2.57. The average molecular weight is 212 g/mol. The number of fused-ring (bicyclic) bond motifs is 1. The predicted octanol–water partition coefficient (Wildman–Crippen LogP) is 2.02. The molecule has 1 saturated carbocycles. The number of rotatable bonds is 4. The van der Waals surface area contributed by atoms with Gasteiger partial charge in [-0.05, 0) is 25.7 Å². The molecule has 0 unspecified atom stereocenters. The van der Waals surface area contributed by atoms with Crippen LogP contribution in [0.4, 0.5) is 0 Å². The van der Waals surface area contributed by atoms with Gasteiger partial charge in [0.1, 0.15) is 5.60 Å². The Hall–Kier alpha value is -0.570. The maximum Gasteiger partial charge on any atom is 0.306 e. The van der Waals surface area contributed by atoms with Crippen LogP contribution in [0.1, 0.15) is 51.9 Å². The summed E-state index contributed by atoms with van der Waals surface area (Å²) in [6.45, 7) is 2.15. The fourth-order valence-electron chi connectivity index (χ4n) is 3.07. The molecule has 3 nitrogen and oxygen atoms in total. The van der Waals surface area contributed by atoms with Crippen molar-refractivity contribution in [2.45, 2.75) is 63.6 Å². The minimum absolute atomic E-state index is 0.116. The molecule has 2 aliphatic rings. The Balaban J connectivity index is 2.03. The molecule has 3 heteroatoms. The number of aliphatic hydroxyl groups is 1. The molecule has 0 spiro atoms. The number of esters is 1. The molecule has 3 atom stereocenters. The molecule has 0 amide bonds. The van der Waals surface area contributed by atoms with Gasteiger partial charge in [0.25, 0.3) is 0 Å². The van der Waals surface area contributed by atoms with Crippen LogP contribution in [-0.2, 0) is 9.53 Å². The first-order chi connectivity index (χ1) is 7.19. The van der Waals surface area contributed by atoms with Crippen molar-refractivity contribution in [3.8, 4) is 0 Å². The van der Waals surface area contributed by atoms with E-state index in [-0.39, 0.29) is 11.9 Å². The van der Waals surface area contributed by atoms with Gasteiger partial charge in [0.15, 0.2) is 0 Å². The number of aliphatic hydroxyl groups excluding tert-OH is 1. The number of hydrogen-bond donors (Lipinski definition) is 1. The van der Waals surface area contributed by atoms with Gasteiger partial charge < -0.3 is 9.84 Å². The summed E-state index contributed by atoms with van der Waals surface area (Å²) in [6.07, 6.45) is 6.04. The standard InChI is InChI=1S/C12H20O3/c1-2-3-4-7-12-9(5-6-10(12)13)8-11(14)15-12/h9-10,13H,2-8H2,1H3/t9-,10+,12+/m1/s1. The lowest BCUT2D eigenvalue weighted by Gasteiger charge is -2.31. The van der Waals surface area contributed by atoms with Gasteiger partial charge in [-0.25, -0.2) is 0 Å². The lowest BCUT2D eigenvalue weighted by atomic mass is 9.84. The van der Waals surface area contributed by atoms with E-state index in [0.717, 1.165) is 38.5 Å². The van der Waals surface area contributed by atoms with E-state index in [1.165, 1.54) is 0 Å². The van der Waals surface area contributed by atoms with E-state index in [0.29, 0.717) is 6.42 Å². The van der Waals surface area contributed by atoms with Crippen LogP contribution in [0.5, 0.6) is 0 Å². The highest BCUT2D eigenvalue weighted by molar-refractivity contribution is 5.73. The third kappa shape index (κ3) is 1.78. The van der Waals surface area contributed by atoms with E-state index in [1.807, 2.05) is 0 Å². The number of ether oxygens (including phenoxy) is 1. The second-order valence-corrected chi connectivity index (χ2v) is 4.88. The predicted molar refractivity (Wildman–Crippen MR) is 56.3 cm³/mol. The topological polar surface area (TPSA) is 46.5 Å². The number of hydrogen-bond acceptors (Lipinski definition) is 3. The van der Waals surface area contributed by atoms with Gasteiger partial charge in [0, 0.05) is 5.92 Å². The van der Waals surface area contributed by atoms with Crippen molar-refractivity contribution in [3.05, 3.63) is 0 Å². The van der Waals surface area contributed by atoms with Crippen LogP contribution >= 0.6 is 0 Å². The monoisotopic (exact) mass is 212 g/mol. The molecule has 1 heterocycles. The summed E-state index contributed by atoms with van der Waals surface area (Å²) in [6, 6.07) is 0. The van der Waals surface area contributed by atoms with E-state index >= 15 is 0 Å². The molecular weight excluding hydrogens is 192 g/mol. The molecule has 1 aliphatic heterocycles. The molecule has 2 fully saturated rings. The lowest BCUT2D eigenvalue weighted by molar-refractivity contribution is -0.159. The Bertz CT molecular complexity index is 251. The average Bonchev–Trinajstić information content (AvgIpc) is 2.65. The van der Waals surface area contributed by atoms with Gasteiger partial charge in [0.2, 0.25) is 0 Å². The highest BCUT2D eigenvalue weighted by Crippen LogP contribution is 2.48. The van der Waals surface area contributed by atoms with Crippen LogP contribution in [0, 0.1) is 5.92 Å². The van der Waals surface area contributed by atoms with Gasteiger partial charge in [-0.15, -0.1) is 0 Å². The zero-order chi connectivity index (χ0) is 10.9. The van der Waals surface area contributed by atoms with Gasteiger partial charge in [-0.3, -0.25) is 4.79 Å². The highest BCUT2D eigenvalue weighted by atomic mass is 16.6. The van der Waals surface area contributed by atoms with E-state index in [4.69, 9.17) is 4.74 Å². The Morgan fingerprint density at radius 1 is 1.47 bits per heavy atom. The second kappa shape index (κ2) is 4.12. The zero-order valence-electron chi connectivity index (χ0n) is 9.37. The second-order valence-electron chi connectivity index (χ2n) is 4.88. The summed E-state index contributed by atoms with van der Waals surface area (Å²) >= 11 is 0. The summed E-state index contributed by atoms with van der Waals surface area (Å²) in [4.78, 5) is 11.3. The molecule has 0 aromatic carbocycles. The maximum absolute atomic E-state index is 11.3. The van der Waals surface area contributed by atoms with Crippen molar-refractivity contribution in [1.82, 2.24) is 0 Å². The van der Waals surface area contributed by atoms with Gasteiger partial charge >= 0.3 is 5.97 Å². The minimum Gasteiger partial charge on any atom is -0.456 e. The largest absolute Gasteiger partial charge is 0.456 e. The molecule has 1 aliphatic carbocycles. The SMILES string of the molecule is CCCCC[C@]12OC(=O)C[C@H]1CC[C@@H]2O. The van der Waals surface area contributed by atoms with Gasteiger partial charge in [-0.1, -0.05) is 19.8 Å². The third-order valence-electron chi connectivity index (χ3n) is 3.93. The summed E-state index contributed by atoms with van der Waals surface area (Å²) < 4.78 is 5.44. The lowest BCUT2D eigenvalue weighted by Crippen LogP contribution is -2.41. The van der Waals surface area contributed by atoms with Gasteiger partial charge in [0.05, 0.1) is 12.5 Å². The molecular formula is C12H20O3. The summed E-state index contributed by atoms with van der Waals surface area (Å²) in [5.41, 5.74) is -0.508. The van der Waals surface area contributed by atoms with E-state index in [1.54, 1.807) is 0 Å². The van der Waals surface area contributed by atoms with Crippen LogP contribution in [0.15, 0.2) is 0 Å². The number of carbonyl (C=O) groups excluding carboxylic acids is 1. The van der Waals surface area contributed by atoms with Crippen LogP contribution in [-0.4, -0.2) is 22.8 Å². The zero-order valence-corrected chi connectivity index (χ0v) is 9.37. The molecule has 1 N–H and O–H groups in total. The van der Waals surface area contributed by atoms with E-state index in [2.05, 4.69) is 6.92 Å². The molecule has 1 saturated heterocycles. The number of unbranched alkanes of at least 4 members (excludes halogenated alkanes) is 2.